The molecular weight excluding hydrogens is 278 g/mol. The lowest BCUT2D eigenvalue weighted by atomic mass is 10.1. The van der Waals surface area contributed by atoms with Crippen LogP contribution in [-0.4, -0.2) is 31.6 Å². The number of nitrogens with zero attached hydrogens (tertiary/aromatic N) is 1. The van der Waals surface area contributed by atoms with E-state index in [4.69, 9.17) is 4.74 Å². The van der Waals surface area contributed by atoms with Crippen molar-refractivity contribution in [3.8, 4) is 0 Å². The minimum atomic E-state index is 0.840. The number of allylic oxidation sites excluding steroid dienone is 1. The van der Waals surface area contributed by atoms with Crippen LogP contribution in [0.2, 0.25) is 0 Å². The average Bonchev–Trinajstić information content (AvgIpc) is 2.41. The van der Waals surface area contributed by atoms with Crippen molar-refractivity contribution in [2.45, 2.75) is 6.42 Å². The Morgan fingerprint density at radius 2 is 1.88 bits per heavy atom. The Morgan fingerprint density at radius 3 is 2.53 bits per heavy atom. The normalized spacial score (nSPS) is 16.6. The fourth-order valence-corrected chi connectivity index (χ4v) is 2.16. The molecule has 17 heavy (non-hydrogen) atoms. The Kier molecular flexibility index (Phi) is 5.08. The van der Waals surface area contributed by atoms with E-state index < -0.39 is 0 Å². The lowest BCUT2D eigenvalue weighted by Crippen LogP contribution is -2.36. The number of ether oxygens (including phenoxy) is 1. The van der Waals surface area contributed by atoms with E-state index in [2.05, 4.69) is 57.2 Å². The van der Waals surface area contributed by atoms with Crippen molar-refractivity contribution in [3.63, 3.8) is 0 Å². The highest BCUT2D eigenvalue weighted by Gasteiger charge is 2.10. The molecule has 92 valence electrons. The van der Waals surface area contributed by atoms with Crippen LogP contribution in [0.4, 0.5) is 5.69 Å². The summed E-state index contributed by atoms with van der Waals surface area (Å²) in [7, 11) is 0. The third-order valence-electron chi connectivity index (χ3n) is 2.86. The third kappa shape index (κ3) is 3.86. The van der Waals surface area contributed by atoms with Gasteiger partial charge in [-0.3, -0.25) is 0 Å². The molecule has 1 fully saturated rings. The first-order valence-electron chi connectivity index (χ1n) is 6.05. The van der Waals surface area contributed by atoms with Gasteiger partial charge in [-0.2, -0.15) is 0 Å². The zero-order valence-electron chi connectivity index (χ0n) is 9.94. The lowest BCUT2D eigenvalue weighted by molar-refractivity contribution is 0.122. The first-order chi connectivity index (χ1) is 8.40. The van der Waals surface area contributed by atoms with Gasteiger partial charge in [-0.15, -0.1) is 0 Å². The Labute approximate surface area is 111 Å². The lowest BCUT2D eigenvalue weighted by Gasteiger charge is -2.28. The second-order valence-corrected chi connectivity index (χ2v) is 4.86. The Hall–Kier alpha value is -0.800. The standard InChI is InChI=1S/C14H18BrNO/c15-8-2-1-3-13-4-6-14(7-5-13)16-9-11-17-12-10-16/h1,3-7H,2,8-12H2. The number of morpholine rings is 1. The summed E-state index contributed by atoms with van der Waals surface area (Å²) in [4.78, 5) is 2.37. The quantitative estimate of drug-likeness (QED) is 0.790. The molecule has 2 nitrogen and oxygen atoms in total. The van der Waals surface area contributed by atoms with Crippen molar-refractivity contribution in [1.29, 1.82) is 0 Å². The van der Waals surface area contributed by atoms with E-state index in [0.717, 1.165) is 38.1 Å². The minimum Gasteiger partial charge on any atom is -0.378 e. The number of rotatable bonds is 4. The average molecular weight is 296 g/mol. The van der Waals surface area contributed by atoms with E-state index in [-0.39, 0.29) is 0 Å². The van der Waals surface area contributed by atoms with E-state index >= 15 is 0 Å². The largest absolute Gasteiger partial charge is 0.378 e. The van der Waals surface area contributed by atoms with Gasteiger partial charge in [-0.25, -0.2) is 0 Å². The number of anilines is 1. The zero-order valence-corrected chi connectivity index (χ0v) is 11.5. The van der Waals surface area contributed by atoms with Gasteiger partial charge in [0.2, 0.25) is 0 Å². The van der Waals surface area contributed by atoms with Gasteiger partial charge < -0.3 is 9.64 Å². The summed E-state index contributed by atoms with van der Waals surface area (Å²) < 4.78 is 5.35. The SMILES string of the molecule is BrCCC=Cc1ccc(N2CCOCC2)cc1. The molecule has 0 N–H and O–H groups in total. The highest BCUT2D eigenvalue weighted by molar-refractivity contribution is 9.09. The number of hydrogen-bond donors (Lipinski definition) is 0. The van der Waals surface area contributed by atoms with Gasteiger partial charge in [0.25, 0.3) is 0 Å². The van der Waals surface area contributed by atoms with Crippen LogP contribution < -0.4 is 4.90 Å². The van der Waals surface area contributed by atoms with E-state index in [9.17, 15) is 0 Å². The summed E-state index contributed by atoms with van der Waals surface area (Å²) in [5.41, 5.74) is 2.56. The summed E-state index contributed by atoms with van der Waals surface area (Å²) in [6.07, 6.45) is 5.44. The van der Waals surface area contributed by atoms with Crippen molar-refractivity contribution in [2.24, 2.45) is 0 Å². The van der Waals surface area contributed by atoms with E-state index in [0.29, 0.717) is 0 Å². The van der Waals surface area contributed by atoms with Gasteiger partial charge in [-0.1, -0.05) is 40.2 Å². The molecule has 0 unspecified atom stereocenters. The van der Waals surface area contributed by atoms with Gasteiger partial charge in [-0.05, 0) is 24.1 Å². The van der Waals surface area contributed by atoms with Crippen LogP contribution in [-0.2, 0) is 4.74 Å². The van der Waals surface area contributed by atoms with E-state index in [1.165, 1.54) is 11.3 Å². The number of hydrogen-bond acceptors (Lipinski definition) is 2. The molecule has 1 aliphatic heterocycles. The van der Waals surface area contributed by atoms with Crippen LogP contribution in [0.3, 0.4) is 0 Å². The second-order valence-electron chi connectivity index (χ2n) is 4.07. The molecule has 0 amide bonds. The highest BCUT2D eigenvalue weighted by atomic mass is 79.9. The molecule has 0 spiro atoms. The summed E-state index contributed by atoms with van der Waals surface area (Å²) in [6.45, 7) is 3.68. The van der Waals surface area contributed by atoms with Crippen molar-refractivity contribution >= 4 is 27.7 Å². The Balaban J connectivity index is 1.97. The highest BCUT2D eigenvalue weighted by Crippen LogP contribution is 2.17. The number of alkyl halides is 1. The summed E-state index contributed by atoms with van der Waals surface area (Å²) in [5.74, 6) is 0. The molecule has 1 aliphatic rings. The molecule has 1 heterocycles. The summed E-state index contributed by atoms with van der Waals surface area (Å²) >= 11 is 3.42. The monoisotopic (exact) mass is 295 g/mol. The predicted octanol–water partition coefficient (Wildman–Crippen LogP) is 3.32. The fraction of sp³-hybridized carbons (Fsp3) is 0.429. The Morgan fingerprint density at radius 1 is 1.18 bits per heavy atom. The predicted molar refractivity (Wildman–Crippen MR) is 76.9 cm³/mol. The maximum atomic E-state index is 5.35. The molecule has 0 atom stereocenters. The molecule has 0 saturated carbocycles. The Bertz CT molecular complexity index is 355. The fourth-order valence-electron chi connectivity index (χ4n) is 1.90. The maximum Gasteiger partial charge on any atom is 0.0642 e. The topological polar surface area (TPSA) is 12.5 Å². The first kappa shape index (κ1) is 12.7. The van der Waals surface area contributed by atoms with E-state index in [1.54, 1.807) is 0 Å². The van der Waals surface area contributed by atoms with Gasteiger partial charge in [0.05, 0.1) is 13.2 Å². The summed E-state index contributed by atoms with van der Waals surface area (Å²) in [6, 6.07) is 8.74. The van der Waals surface area contributed by atoms with Crippen LogP contribution >= 0.6 is 15.9 Å². The summed E-state index contributed by atoms with van der Waals surface area (Å²) in [5, 5.41) is 1.02. The molecule has 1 saturated heterocycles. The van der Waals surface area contributed by atoms with Gasteiger partial charge in [0.1, 0.15) is 0 Å². The molecule has 0 aliphatic carbocycles. The van der Waals surface area contributed by atoms with Crippen molar-refractivity contribution in [1.82, 2.24) is 0 Å². The third-order valence-corrected chi connectivity index (χ3v) is 3.31. The van der Waals surface area contributed by atoms with Gasteiger partial charge in [0.15, 0.2) is 0 Å². The van der Waals surface area contributed by atoms with Crippen LogP contribution in [0.15, 0.2) is 30.3 Å². The second kappa shape index (κ2) is 6.82. The van der Waals surface area contributed by atoms with Crippen LogP contribution in [0, 0.1) is 0 Å². The number of benzene rings is 1. The van der Waals surface area contributed by atoms with Crippen LogP contribution in [0.25, 0.3) is 6.08 Å². The first-order valence-corrected chi connectivity index (χ1v) is 7.17. The molecular formula is C14H18BrNO. The molecule has 1 aromatic rings. The molecule has 2 rings (SSSR count). The smallest absolute Gasteiger partial charge is 0.0642 e. The molecule has 0 radical (unpaired) electrons. The molecule has 0 aromatic heterocycles. The van der Waals surface area contributed by atoms with Gasteiger partial charge >= 0.3 is 0 Å². The van der Waals surface area contributed by atoms with Crippen LogP contribution in [0.5, 0.6) is 0 Å². The molecule has 3 heteroatoms. The van der Waals surface area contributed by atoms with Crippen molar-refractivity contribution in [2.75, 3.05) is 36.5 Å². The van der Waals surface area contributed by atoms with E-state index in [1.807, 2.05) is 0 Å². The van der Waals surface area contributed by atoms with Crippen LogP contribution in [0.1, 0.15) is 12.0 Å². The van der Waals surface area contributed by atoms with Crippen molar-refractivity contribution in [3.05, 3.63) is 35.9 Å². The van der Waals surface area contributed by atoms with Crippen molar-refractivity contribution < 1.29 is 4.74 Å². The molecule has 0 bridgehead atoms. The zero-order chi connectivity index (χ0) is 11.9. The maximum absolute atomic E-state index is 5.35. The minimum absolute atomic E-state index is 0.840. The molecule has 1 aromatic carbocycles. The number of halogens is 1. The van der Waals surface area contributed by atoms with Gasteiger partial charge in [0, 0.05) is 24.1 Å².